The van der Waals surface area contributed by atoms with E-state index in [0.29, 0.717) is 21.8 Å². The smallest absolute Gasteiger partial charge is 0.252 e. The summed E-state index contributed by atoms with van der Waals surface area (Å²) in [7, 11) is 0. The molecule has 4 N–H and O–H groups in total. The lowest BCUT2D eigenvalue weighted by Crippen LogP contribution is -2.67. The zero-order valence-electron chi connectivity index (χ0n) is 24.1. The number of rotatable bonds is 9. The topological polar surface area (TPSA) is 138 Å². The number of nitrogens with one attached hydrogen (secondary N) is 1. The Morgan fingerprint density at radius 1 is 1.27 bits per heavy atom. The lowest BCUT2D eigenvalue weighted by atomic mass is 9.84. The highest BCUT2D eigenvalue weighted by atomic mass is 35.5. The number of hydrazine groups is 1. The number of benzene rings is 2. The highest BCUT2D eigenvalue weighted by Crippen LogP contribution is 2.49. The minimum atomic E-state index is -2.96. The Balaban J connectivity index is 1.67. The van der Waals surface area contributed by atoms with Crippen LogP contribution in [0.25, 0.3) is 0 Å². The van der Waals surface area contributed by atoms with Crippen LogP contribution < -0.4 is 16.1 Å². The van der Waals surface area contributed by atoms with Gasteiger partial charge in [-0.3, -0.25) is 19.8 Å². The maximum absolute atomic E-state index is 14.8. The zero-order chi connectivity index (χ0) is 32.7. The highest BCUT2D eigenvalue weighted by Gasteiger charge is 2.57. The molecule has 1 saturated carbocycles. The third-order valence-electron chi connectivity index (χ3n) is 8.35. The van der Waals surface area contributed by atoms with Crippen molar-refractivity contribution in [2.75, 3.05) is 5.01 Å². The molecule has 2 aromatic rings. The summed E-state index contributed by atoms with van der Waals surface area (Å²) in [6.45, 7) is 1.50. The van der Waals surface area contributed by atoms with Crippen LogP contribution in [0.5, 0.6) is 0 Å². The van der Waals surface area contributed by atoms with E-state index in [-0.39, 0.29) is 42.6 Å². The average molecular weight is 648 g/mol. The number of carbonyl (C=O) groups is 2. The fourth-order valence-electron chi connectivity index (χ4n) is 6.40. The van der Waals surface area contributed by atoms with E-state index in [9.17, 15) is 37.6 Å². The summed E-state index contributed by atoms with van der Waals surface area (Å²) in [5.41, 5.74) is 3.84. The van der Waals surface area contributed by atoms with Crippen molar-refractivity contribution in [3.8, 4) is 6.07 Å². The van der Waals surface area contributed by atoms with Gasteiger partial charge in [-0.15, -0.1) is 0 Å². The lowest BCUT2D eigenvalue weighted by molar-refractivity contribution is -0.195. The van der Waals surface area contributed by atoms with Gasteiger partial charge in [0.05, 0.1) is 5.69 Å². The maximum Gasteiger partial charge on any atom is 0.252 e. The van der Waals surface area contributed by atoms with Crippen LogP contribution in [-0.4, -0.2) is 57.1 Å². The maximum atomic E-state index is 14.8. The molecule has 10 nitrogen and oxygen atoms in total. The normalized spacial score (nSPS) is 23.6. The third-order valence-corrected chi connectivity index (χ3v) is 8.70. The summed E-state index contributed by atoms with van der Waals surface area (Å²) >= 11 is 6.51. The standard InChI is InChI=1S/C30H30ClF4N7O3/c1-17(38-20(16-37)8-10-36)40-26(5-6-27(40)43)42(45)41(22-12-18(32)11-19(33)13-22)30(28(44)39-21-14-29(34,35)15-21)9-7-23-24(30)3-2-4-25(23)31/h2-4,8,10-13,17,21,26,45H,5-7,9,14-15,36H2,1H3,(H,39,44)/b10-8-,38-20?/t17?,26-,30+/m1/s1. The molecule has 0 aromatic heterocycles. The van der Waals surface area contributed by atoms with Gasteiger partial charge in [0.25, 0.3) is 11.8 Å². The average Bonchev–Trinajstić information content (AvgIpc) is 3.54. The summed E-state index contributed by atoms with van der Waals surface area (Å²) in [6.07, 6.45) is -1.11. The van der Waals surface area contributed by atoms with Crippen molar-refractivity contribution < 1.29 is 32.4 Å². The van der Waals surface area contributed by atoms with E-state index < -0.39 is 66.1 Å². The molecule has 1 heterocycles. The monoisotopic (exact) mass is 647 g/mol. The first-order chi connectivity index (χ1) is 21.3. The molecule has 3 aliphatic rings. The van der Waals surface area contributed by atoms with Crippen molar-refractivity contribution in [1.29, 1.82) is 5.26 Å². The van der Waals surface area contributed by atoms with Gasteiger partial charge in [0.1, 0.15) is 35.7 Å². The Morgan fingerprint density at radius 2 is 1.96 bits per heavy atom. The van der Waals surface area contributed by atoms with Crippen molar-refractivity contribution in [2.24, 2.45) is 10.7 Å². The summed E-state index contributed by atoms with van der Waals surface area (Å²) in [5.74, 6) is -6.27. The van der Waals surface area contributed by atoms with Crippen LogP contribution in [0.4, 0.5) is 23.2 Å². The zero-order valence-corrected chi connectivity index (χ0v) is 24.8. The molecule has 1 unspecified atom stereocenters. The number of hydrogen-bond donors (Lipinski definition) is 3. The molecule has 1 saturated heterocycles. The molecular formula is C30H30ClF4N7O3. The number of aliphatic imine (C=N–C) groups is 1. The molecule has 0 spiro atoms. The van der Waals surface area contributed by atoms with E-state index >= 15 is 0 Å². The predicted molar refractivity (Wildman–Crippen MR) is 156 cm³/mol. The summed E-state index contributed by atoms with van der Waals surface area (Å²) in [6, 6.07) is 8.12. The van der Waals surface area contributed by atoms with Gasteiger partial charge in [-0.25, -0.2) is 22.6 Å². The molecule has 2 aliphatic carbocycles. The highest BCUT2D eigenvalue weighted by molar-refractivity contribution is 6.31. The van der Waals surface area contributed by atoms with Gasteiger partial charge in [-0.05, 0) is 67.8 Å². The Kier molecular flexibility index (Phi) is 8.81. The number of carbonyl (C=O) groups excluding carboxylic acids is 2. The second-order valence-electron chi connectivity index (χ2n) is 11.3. The molecule has 1 aliphatic heterocycles. The molecule has 2 fully saturated rings. The van der Waals surface area contributed by atoms with Crippen molar-refractivity contribution in [3.05, 3.63) is 76.5 Å². The van der Waals surface area contributed by atoms with Crippen molar-refractivity contribution >= 4 is 34.8 Å². The number of anilines is 1. The molecule has 45 heavy (non-hydrogen) atoms. The van der Waals surface area contributed by atoms with E-state index in [2.05, 4.69) is 10.3 Å². The first-order valence-electron chi connectivity index (χ1n) is 14.2. The van der Waals surface area contributed by atoms with Crippen LogP contribution in [0.3, 0.4) is 0 Å². The summed E-state index contributed by atoms with van der Waals surface area (Å²) < 4.78 is 57.1. The Bertz CT molecular complexity index is 1590. The van der Waals surface area contributed by atoms with E-state index in [1.54, 1.807) is 18.2 Å². The second-order valence-corrected chi connectivity index (χ2v) is 11.7. The number of hydroxylamine groups is 1. The largest absolute Gasteiger partial charge is 0.405 e. The number of fused-ring (bicyclic) bond motifs is 1. The second kappa shape index (κ2) is 12.3. The van der Waals surface area contributed by atoms with E-state index in [1.807, 2.05) is 6.07 Å². The van der Waals surface area contributed by atoms with Crippen molar-refractivity contribution in [3.63, 3.8) is 0 Å². The molecule has 5 rings (SSSR count). The number of halogens is 5. The van der Waals surface area contributed by atoms with Gasteiger partial charge < -0.3 is 16.0 Å². The first kappa shape index (κ1) is 32.2. The number of nitrogens with two attached hydrogens (primary N) is 1. The summed E-state index contributed by atoms with van der Waals surface area (Å²) in [4.78, 5) is 32.9. The van der Waals surface area contributed by atoms with Crippen LogP contribution in [0.1, 0.15) is 50.2 Å². The van der Waals surface area contributed by atoms with E-state index in [1.165, 1.54) is 17.9 Å². The first-order valence-corrected chi connectivity index (χ1v) is 14.6. The number of amides is 2. The number of allylic oxidation sites excluding steroid dienone is 1. The van der Waals surface area contributed by atoms with Crippen molar-refractivity contribution in [1.82, 2.24) is 15.4 Å². The molecule has 2 amide bonds. The number of nitriles is 1. The van der Waals surface area contributed by atoms with Gasteiger partial charge in [0.15, 0.2) is 5.54 Å². The van der Waals surface area contributed by atoms with Crippen LogP contribution in [0, 0.1) is 23.0 Å². The van der Waals surface area contributed by atoms with E-state index in [4.69, 9.17) is 17.3 Å². The molecular weight excluding hydrogens is 618 g/mol. The molecule has 0 radical (unpaired) electrons. The SMILES string of the molecule is CC(N=C(C#N)/C=C\N)N1C(=O)CC[C@H]1N(O)N(c1cc(F)cc(F)c1)[C@@]1(C(=O)NC2CC(F)(F)C2)CCc2c(Cl)cccc21. The van der Waals surface area contributed by atoms with Gasteiger partial charge in [0, 0.05) is 36.4 Å². The quantitative estimate of drug-likeness (QED) is 0.207. The molecule has 3 atom stereocenters. The fraction of sp³-hybridized carbons (Fsp3) is 0.400. The van der Waals surface area contributed by atoms with Gasteiger partial charge in [-0.1, -0.05) is 28.9 Å². The third kappa shape index (κ3) is 5.95. The van der Waals surface area contributed by atoms with Gasteiger partial charge >= 0.3 is 0 Å². The Hall–Kier alpha value is -4.19. The fourth-order valence-corrected chi connectivity index (χ4v) is 6.67. The van der Waals surface area contributed by atoms with Crippen LogP contribution in [0.2, 0.25) is 5.02 Å². The van der Waals surface area contributed by atoms with Crippen LogP contribution in [0.15, 0.2) is 53.7 Å². The number of alkyl halides is 2. The van der Waals surface area contributed by atoms with Crippen LogP contribution in [-0.2, 0) is 21.5 Å². The summed E-state index contributed by atoms with van der Waals surface area (Å²) in [5, 5.41) is 26.0. The molecule has 238 valence electrons. The molecule has 15 heteroatoms. The Labute approximate surface area is 261 Å². The molecule has 0 bridgehead atoms. The number of hydrogen-bond acceptors (Lipinski definition) is 8. The van der Waals surface area contributed by atoms with Gasteiger partial charge in [-0.2, -0.15) is 5.26 Å². The number of likely N-dealkylation sites (tertiary alicyclic amines) is 1. The van der Waals surface area contributed by atoms with Gasteiger partial charge in [0.2, 0.25) is 5.91 Å². The van der Waals surface area contributed by atoms with E-state index in [0.717, 1.165) is 23.3 Å². The van der Waals surface area contributed by atoms with Crippen molar-refractivity contribution in [2.45, 2.75) is 75.3 Å². The lowest BCUT2D eigenvalue weighted by Gasteiger charge is -2.49. The minimum Gasteiger partial charge on any atom is -0.405 e. The Morgan fingerprint density at radius 3 is 2.58 bits per heavy atom. The van der Waals surface area contributed by atoms with Crippen LogP contribution >= 0.6 is 11.6 Å². The number of nitrogens with zero attached hydrogens (tertiary/aromatic N) is 5. The predicted octanol–water partition coefficient (Wildman–Crippen LogP) is 4.52. The minimum absolute atomic E-state index is 0.00689. The molecule has 2 aromatic carbocycles.